The quantitative estimate of drug-likeness (QED) is 0.844. The van der Waals surface area contributed by atoms with Crippen LogP contribution in [0.3, 0.4) is 0 Å². The first-order chi connectivity index (χ1) is 9.70. The largest absolute Gasteiger partial charge is 0.493 e. The number of rotatable bonds is 6. The minimum atomic E-state index is -0.537. The second-order valence-corrected chi connectivity index (χ2v) is 5.45. The zero-order valence-corrected chi connectivity index (χ0v) is 12.7. The molecule has 20 heavy (non-hydrogen) atoms. The average molecular weight is 299 g/mol. The van der Waals surface area contributed by atoms with Crippen molar-refractivity contribution in [1.29, 1.82) is 0 Å². The van der Waals surface area contributed by atoms with Crippen molar-refractivity contribution in [2.45, 2.75) is 19.4 Å². The molecule has 2 N–H and O–H groups in total. The molecule has 1 aromatic carbocycles. The van der Waals surface area contributed by atoms with Gasteiger partial charge in [-0.3, -0.25) is 0 Å². The Morgan fingerprint density at radius 2 is 2.15 bits per heavy atom. The highest BCUT2D eigenvalue weighted by Crippen LogP contribution is 2.30. The highest BCUT2D eigenvalue weighted by molar-refractivity contribution is 6.30. The topological polar surface area (TPSA) is 44.7 Å². The molecule has 1 unspecified atom stereocenters. The van der Waals surface area contributed by atoms with Crippen LogP contribution in [0, 0.1) is 0 Å². The molecule has 1 heterocycles. The fraction of sp³-hybridized carbons (Fsp3) is 0.600. The van der Waals surface area contributed by atoms with E-state index in [1.54, 1.807) is 12.1 Å². The first-order valence-corrected chi connectivity index (χ1v) is 7.62. The van der Waals surface area contributed by atoms with Crippen molar-refractivity contribution < 1.29 is 9.84 Å². The third-order valence-electron chi connectivity index (χ3n) is 3.56. The van der Waals surface area contributed by atoms with Crippen LogP contribution in [-0.4, -0.2) is 49.3 Å². The lowest BCUT2D eigenvalue weighted by Crippen LogP contribution is -2.44. The van der Waals surface area contributed by atoms with E-state index in [9.17, 15) is 5.11 Å². The molecule has 1 aliphatic rings. The van der Waals surface area contributed by atoms with Gasteiger partial charge in [0.2, 0.25) is 0 Å². The second-order valence-electron chi connectivity index (χ2n) is 5.01. The van der Waals surface area contributed by atoms with E-state index in [4.69, 9.17) is 16.3 Å². The van der Waals surface area contributed by atoms with Gasteiger partial charge in [0.15, 0.2) is 0 Å². The van der Waals surface area contributed by atoms with Gasteiger partial charge in [-0.2, -0.15) is 0 Å². The van der Waals surface area contributed by atoms with E-state index in [1.165, 1.54) is 0 Å². The van der Waals surface area contributed by atoms with E-state index >= 15 is 0 Å². The van der Waals surface area contributed by atoms with E-state index in [0.29, 0.717) is 18.1 Å². The number of hydrogen-bond acceptors (Lipinski definition) is 4. The Kier molecular flexibility index (Phi) is 6.10. The Hall–Kier alpha value is -0.810. The number of nitrogens with zero attached hydrogens (tertiary/aromatic N) is 1. The van der Waals surface area contributed by atoms with Crippen LogP contribution in [0.1, 0.15) is 25.0 Å². The Balaban J connectivity index is 1.96. The molecule has 1 aromatic rings. The van der Waals surface area contributed by atoms with E-state index in [0.717, 1.165) is 44.0 Å². The van der Waals surface area contributed by atoms with E-state index in [-0.39, 0.29) is 0 Å². The summed E-state index contributed by atoms with van der Waals surface area (Å²) in [6.45, 7) is 7.54. The van der Waals surface area contributed by atoms with Crippen molar-refractivity contribution in [3.05, 3.63) is 28.8 Å². The number of halogens is 1. The highest BCUT2D eigenvalue weighted by Gasteiger charge is 2.17. The standard InChI is InChI=1S/C15H23ClN2O2/c1-2-20-15-4-3-12(16)11-13(15)14(19)5-8-18-9-6-17-7-10-18/h3-4,11,14,17,19H,2,5-10H2,1H3. The molecule has 0 aromatic heterocycles. The number of ether oxygens (including phenoxy) is 1. The molecule has 1 saturated heterocycles. The Morgan fingerprint density at radius 1 is 1.40 bits per heavy atom. The molecule has 0 bridgehead atoms. The number of benzene rings is 1. The minimum Gasteiger partial charge on any atom is -0.493 e. The van der Waals surface area contributed by atoms with Gasteiger partial charge in [-0.1, -0.05) is 11.6 Å². The maximum Gasteiger partial charge on any atom is 0.125 e. The third kappa shape index (κ3) is 4.35. The van der Waals surface area contributed by atoms with Crippen LogP contribution in [-0.2, 0) is 0 Å². The zero-order chi connectivity index (χ0) is 14.4. The summed E-state index contributed by atoms with van der Waals surface area (Å²) in [5, 5.41) is 14.4. The molecular weight excluding hydrogens is 276 g/mol. The first-order valence-electron chi connectivity index (χ1n) is 7.24. The van der Waals surface area contributed by atoms with Crippen molar-refractivity contribution in [3.63, 3.8) is 0 Å². The van der Waals surface area contributed by atoms with Crippen molar-refractivity contribution in [2.24, 2.45) is 0 Å². The van der Waals surface area contributed by atoms with Crippen LogP contribution < -0.4 is 10.1 Å². The summed E-state index contributed by atoms with van der Waals surface area (Å²) < 4.78 is 5.56. The van der Waals surface area contributed by atoms with Gasteiger partial charge < -0.3 is 20.1 Å². The van der Waals surface area contributed by atoms with Crippen LogP contribution in [0.2, 0.25) is 5.02 Å². The van der Waals surface area contributed by atoms with Crippen molar-refractivity contribution in [2.75, 3.05) is 39.3 Å². The maximum absolute atomic E-state index is 10.4. The molecule has 1 aliphatic heterocycles. The smallest absolute Gasteiger partial charge is 0.125 e. The summed E-state index contributed by atoms with van der Waals surface area (Å²) in [7, 11) is 0. The van der Waals surface area contributed by atoms with Gasteiger partial charge in [0.25, 0.3) is 0 Å². The lowest BCUT2D eigenvalue weighted by atomic mass is 10.0. The van der Waals surface area contributed by atoms with Gasteiger partial charge >= 0.3 is 0 Å². The molecule has 0 radical (unpaired) electrons. The lowest BCUT2D eigenvalue weighted by Gasteiger charge is -2.28. The molecule has 4 nitrogen and oxygen atoms in total. The van der Waals surface area contributed by atoms with Gasteiger partial charge in [0.1, 0.15) is 5.75 Å². The number of hydrogen-bond donors (Lipinski definition) is 2. The predicted octanol–water partition coefficient (Wildman–Crippen LogP) is 2.07. The minimum absolute atomic E-state index is 0.537. The van der Waals surface area contributed by atoms with Gasteiger partial charge in [-0.25, -0.2) is 0 Å². The zero-order valence-electron chi connectivity index (χ0n) is 11.9. The highest BCUT2D eigenvalue weighted by atomic mass is 35.5. The maximum atomic E-state index is 10.4. The molecule has 0 saturated carbocycles. The Bertz CT molecular complexity index is 422. The predicted molar refractivity (Wildman–Crippen MR) is 81.5 cm³/mol. The van der Waals surface area contributed by atoms with Crippen LogP contribution in [0.25, 0.3) is 0 Å². The number of aliphatic hydroxyl groups is 1. The number of aliphatic hydroxyl groups excluding tert-OH is 1. The lowest BCUT2D eigenvalue weighted by molar-refractivity contribution is 0.133. The van der Waals surface area contributed by atoms with E-state index in [2.05, 4.69) is 10.2 Å². The molecule has 0 spiro atoms. The average Bonchev–Trinajstić information content (AvgIpc) is 2.48. The fourth-order valence-corrected chi connectivity index (χ4v) is 2.64. The summed E-state index contributed by atoms with van der Waals surface area (Å²) in [6, 6.07) is 5.42. The Morgan fingerprint density at radius 3 is 2.85 bits per heavy atom. The van der Waals surface area contributed by atoms with Crippen LogP contribution >= 0.6 is 11.6 Å². The Labute approximate surface area is 125 Å². The van der Waals surface area contributed by atoms with Gasteiger partial charge in [0.05, 0.1) is 12.7 Å². The molecule has 5 heteroatoms. The van der Waals surface area contributed by atoms with Crippen LogP contribution in [0.5, 0.6) is 5.75 Å². The molecule has 0 aliphatic carbocycles. The van der Waals surface area contributed by atoms with Gasteiger partial charge in [-0.15, -0.1) is 0 Å². The van der Waals surface area contributed by atoms with Crippen molar-refractivity contribution in [3.8, 4) is 5.75 Å². The number of piperazine rings is 1. The third-order valence-corrected chi connectivity index (χ3v) is 3.79. The van der Waals surface area contributed by atoms with Crippen LogP contribution in [0.4, 0.5) is 0 Å². The first kappa shape index (κ1) is 15.6. The molecule has 1 fully saturated rings. The van der Waals surface area contributed by atoms with Gasteiger partial charge in [-0.05, 0) is 31.5 Å². The van der Waals surface area contributed by atoms with E-state index < -0.39 is 6.10 Å². The monoisotopic (exact) mass is 298 g/mol. The van der Waals surface area contributed by atoms with Crippen molar-refractivity contribution in [1.82, 2.24) is 10.2 Å². The van der Waals surface area contributed by atoms with Crippen molar-refractivity contribution >= 4 is 11.6 Å². The summed E-state index contributed by atoms with van der Waals surface area (Å²) in [5.74, 6) is 0.727. The summed E-state index contributed by atoms with van der Waals surface area (Å²) in [5.41, 5.74) is 0.787. The fourth-order valence-electron chi connectivity index (χ4n) is 2.46. The number of nitrogens with one attached hydrogen (secondary N) is 1. The summed E-state index contributed by atoms with van der Waals surface area (Å²) in [6.07, 6.45) is 0.158. The van der Waals surface area contributed by atoms with Crippen LogP contribution in [0.15, 0.2) is 18.2 Å². The molecular formula is C15H23ClN2O2. The van der Waals surface area contributed by atoms with Gasteiger partial charge in [0, 0.05) is 43.3 Å². The molecule has 112 valence electrons. The SMILES string of the molecule is CCOc1ccc(Cl)cc1C(O)CCN1CCNCC1. The molecule has 1 atom stereocenters. The normalized spacial score (nSPS) is 17.9. The molecule has 0 amide bonds. The summed E-state index contributed by atoms with van der Waals surface area (Å²) in [4.78, 5) is 2.37. The molecule has 2 rings (SSSR count). The van der Waals surface area contributed by atoms with E-state index in [1.807, 2.05) is 13.0 Å². The second kappa shape index (κ2) is 7.84. The summed E-state index contributed by atoms with van der Waals surface area (Å²) >= 11 is 6.02.